The van der Waals surface area contributed by atoms with E-state index < -0.39 is 0 Å². The van der Waals surface area contributed by atoms with Crippen molar-refractivity contribution in [2.45, 2.75) is 0 Å². The van der Waals surface area contributed by atoms with Crippen LogP contribution in [-0.2, 0) is 0 Å². The quantitative estimate of drug-likeness (QED) is 0.0615. The third-order valence-corrected chi connectivity index (χ3v) is 5.18. The minimum Gasteiger partial charge on any atom is -0.458 e. The molecule has 0 saturated heterocycles. The summed E-state index contributed by atoms with van der Waals surface area (Å²) in [5.74, 6) is 2.56. The van der Waals surface area contributed by atoms with Crippen molar-refractivity contribution in [3.63, 3.8) is 0 Å². The Morgan fingerprint density at radius 1 is 0.674 bits per heavy atom. The van der Waals surface area contributed by atoms with E-state index in [1.807, 2.05) is 6.07 Å². The third-order valence-electron chi connectivity index (χ3n) is 5.18. The smallest absolute Gasteiger partial charge is 0.230 e. The number of benzene rings is 4. The molecule has 0 aliphatic carbocycles. The van der Waals surface area contributed by atoms with Crippen molar-refractivity contribution in [1.82, 2.24) is 0 Å². The standard InChI is InChI=1S/C15H16N4O2.C15H10N2O2.I3/c16-14(17)10-1-5-12(6-2-10)20-9-21-13-7-3-11(4-8-13)15(18)19;1-17-13-4-8-15(9-5-13)19-11-18-14-6-2-12(10-16)3-7-14;1-3-2/h1-8H,9H2,(H3,16,17)(H3,18,19);2-9H,11H2;/q;;-1. The second-order valence-electron chi connectivity index (χ2n) is 7.99. The Kier molecular flexibility index (Phi) is 16.6. The molecule has 43 heavy (non-hydrogen) atoms. The van der Waals surface area contributed by atoms with Gasteiger partial charge in [0.1, 0.15) is 34.7 Å². The van der Waals surface area contributed by atoms with Crippen molar-refractivity contribution in [3.8, 4) is 29.1 Å². The largest absolute Gasteiger partial charge is 0.458 e. The van der Waals surface area contributed by atoms with E-state index in [9.17, 15) is 0 Å². The van der Waals surface area contributed by atoms with E-state index in [2.05, 4.69) is 42.1 Å². The topological polar surface area (TPSA) is 165 Å². The number of halogens is 3. The number of nitriles is 1. The SMILES string of the molecule is I[I-]I.N=C(N)c1ccc(OCOc2ccc(C(=N)N)cc2)cc1.[C-]#[N+]c1ccc(OCOc2ccc(C#N)cc2)cc1. The molecule has 0 spiro atoms. The summed E-state index contributed by atoms with van der Waals surface area (Å²) >= 11 is 5.30. The zero-order valence-corrected chi connectivity index (χ0v) is 28.9. The number of hydrogen-bond acceptors (Lipinski definition) is 7. The molecule has 222 valence electrons. The number of hydrogen-bond donors (Lipinski definition) is 4. The molecule has 0 heterocycles. The molecule has 4 aromatic rings. The van der Waals surface area contributed by atoms with Crippen molar-refractivity contribution < 1.29 is 32.2 Å². The molecular weight excluding hydrogens is 889 g/mol. The van der Waals surface area contributed by atoms with Crippen molar-refractivity contribution in [2.75, 3.05) is 13.6 Å². The van der Waals surface area contributed by atoms with Gasteiger partial charge in [-0.3, -0.25) is 10.8 Å². The number of nitrogens with zero attached hydrogens (tertiary/aromatic N) is 2. The van der Waals surface area contributed by atoms with Crippen LogP contribution in [0.3, 0.4) is 0 Å². The van der Waals surface area contributed by atoms with E-state index in [1.54, 1.807) is 97.1 Å². The van der Waals surface area contributed by atoms with Crippen LogP contribution in [0.1, 0.15) is 16.7 Å². The fourth-order valence-corrected chi connectivity index (χ4v) is 3.04. The van der Waals surface area contributed by atoms with Crippen molar-refractivity contribution in [2.24, 2.45) is 11.5 Å². The molecule has 0 amide bonds. The summed E-state index contributed by atoms with van der Waals surface area (Å²) in [6.45, 7) is 6.96. The van der Waals surface area contributed by atoms with Crippen LogP contribution in [0.4, 0.5) is 5.69 Å². The number of nitrogen functional groups attached to an aromatic ring is 2. The maximum Gasteiger partial charge on any atom is 0.230 e. The summed E-state index contributed by atoms with van der Waals surface area (Å²) in [5.41, 5.74) is 13.2. The molecule has 10 nitrogen and oxygen atoms in total. The van der Waals surface area contributed by atoms with Crippen LogP contribution in [-0.4, -0.2) is 25.3 Å². The molecule has 13 heteroatoms. The molecule has 0 fully saturated rings. The second kappa shape index (κ2) is 20.2. The van der Waals surface area contributed by atoms with Crippen LogP contribution in [0.25, 0.3) is 4.85 Å². The van der Waals surface area contributed by atoms with Crippen molar-refractivity contribution in [3.05, 3.63) is 125 Å². The van der Waals surface area contributed by atoms with Gasteiger partial charge in [0, 0.05) is 11.1 Å². The number of amidine groups is 2. The van der Waals surface area contributed by atoms with Crippen LogP contribution in [0.2, 0.25) is 0 Å². The third kappa shape index (κ3) is 13.8. The first-order valence-electron chi connectivity index (χ1n) is 12.0. The van der Waals surface area contributed by atoms with Gasteiger partial charge in [-0.25, -0.2) is 4.85 Å². The van der Waals surface area contributed by atoms with Gasteiger partial charge in [-0.1, -0.05) is 12.1 Å². The Hall–Kier alpha value is -3.81. The predicted molar refractivity (Wildman–Crippen MR) is 179 cm³/mol. The van der Waals surface area contributed by atoms with E-state index in [0.29, 0.717) is 58.6 Å². The maximum absolute atomic E-state index is 8.66. The number of rotatable bonds is 10. The van der Waals surface area contributed by atoms with E-state index in [1.165, 1.54) is 0 Å². The van der Waals surface area contributed by atoms with Gasteiger partial charge in [0.05, 0.1) is 18.2 Å². The van der Waals surface area contributed by atoms with Gasteiger partial charge >= 0.3 is 50.5 Å². The van der Waals surface area contributed by atoms with Crippen molar-refractivity contribution in [1.29, 1.82) is 16.1 Å². The zero-order chi connectivity index (χ0) is 31.5. The minimum atomic E-state index is 0.0170. The molecule has 0 aromatic heterocycles. The van der Waals surface area contributed by atoms with Crippen molar-refractivity contribution >= 4 is 54.6 Å². The maximum atomic E-state index is 8.66. The fourth-order valence-electron chi connectivity index (χ4n) is 3.04. The van der Waals surface area contributed by atoms with Crippen LogP contribution in [0.15, 0.2) is 97.1 Å². The van der Waals surface area contributed by atoms with Crippen LogP contribution in [0.5, 0.6) is 23.0 Å². The first kappa shape index (κ1) is 35.4. The molecule has 0 aliphatic rings. The summed E-state index contributed by atoms with van der Waals surface area (Å²) in [6, 6.07) is 29.3. The van der Waals surface area contributed by atoms with E-state index >= 15 is 0 Å². The number of ether oxygens (including phenoxy) is 4. The molecule has 0 bridgehead atoms. The monoisotopic (exact) mass is 915 g/mol. The van der Waals surface area contributed by atoms with Gasteiger partial charge in [-0.2, -0.15) is 5.26 Å². The fraction of sp³-hybridized carbons (Fsp3) is 0.0667. The van der Waals surface area contributed by atoms with Crippen LogP contribution in [0, 0.1) is 28.7 Å². The summed E-state index contributed by atoms with van der Waals surface area (Å²) in [6.07, 6.45) is 0. The Morgan fingerprint density at radius 3 is 1.26 bits per heavy atom. The molecule has 0 saturated carbocycles. The van der Waals surface area contributed by atoms with Crippen LogP contribution < -0.4 is 43.7 Å². The molecule has 0 radical (unpaired) electrons. The van der Waals surface area contributed by atoms with E-state index in [0.717, 1.165) is 0 Å². The normalized spacial score (nSPS) is 9.40. The molecule has 6 N–H and O–H groups in total. The molecule has 4 aromatic carbocycles. The first-order valence-corrected chi connectivity index (χ1v) is 24.6. The van der Waals surface area contributed by atoms with Gasteiger partial charge in [0.2, 0.25) is 13.6 Å². The van der Waals surface area contributed by atoms with E-state index in [4.69, 9.17) is 53.1 Å². The summed E-state index contributed by atoms with van der Waals surface area (Å²) < 4.78 is 21.6. The Bertz CT molecular complexity index is 1410. The average Bonchev–Trinajstić information content (AvgIpc) is 3.03. The average molecular weight is 915 g/mol. The Morgan fingerprint density at radius 2 is 0.977 bits per heavy atom. The van der Waals surface area contributed by atoms with Gasteiger partial charge in [0.25, 0.3) is 0 Å². The summed E-state index contributed by atoms with van der Waals surface area (Å²) in [7, 11) is 0. The minimum absolute atomic E-state index is 0.0170. The van der Waals surface area contributed by atoms with Gasteiger partial charge in [-0.05, 0) is 84.9 Å². The van der Waals surface area contributed by atoms with Crippen LogP contribution >= 0.6 is 37.2 Å². The molecular formula is C30H26I3N6O4-. The molecule has 0 unspecified atom stereocenters. The predicted octanol–water partition coefficient (Wildman–Crippen LogP) is 3.97. The molecule has 0 atom stereocenters. The first-order chi connectivity index (χ1) is 20.8. The Labute approximate surface area is 279 Å². The second-order valence-corrected chi connectivity index (χ2v) is 24.2. The van der Waals surface area contributed by atoms with Gasteiger partial charge < -0.3 is 30.4 Å². The molecule has 4 rings (SSSR count). The summed E-state index contributed by atoms with van der Waals surface area (Å²) in [4.78, 5) is 3.29. The summed E-state index contributed by atoms with van der Waals surface area (Å²) in [5, 5.41) is 23.2. The van der Waals surface area contributed by atoms with E-state index in [-0.39, 0.29) is 25.3 Å². The zero-order valence-electron chi connectivity index (χ0n) is 22.5. The van der Waals surface area contributed by atoms with Gasteiger partial charge in [0.15, 0.2) is 5.69 Å². The molecule has 0 aliphatic heterocycles. The number of nitrogens with two attached hydrogens (primary N) is 2. The Balaban J connectivity index is 0.000000276. The number of nitrogens with one attached hydrogen (secondary N) is 2. The van der Waals surface area contributed by atoms with Gasteiger partial charge in [-0.15, -0.1) is 0 Å².